The Morgan fingerprint density at radius 3 is 2.50 bits per heavy atom. The molecule has 1 aromatic carbocycles. The fraction of sp³-hybridized carbons (Fsp3) is 0.500. The second kappa shape index (κ2) is 6.97. The summed E-state index contributed by atoms with van der Waals surface area (Å²) in [4.78, 5) is 12.3. The molecule has 0 saturated heterocycles. The van der Waals surface area contributed by atoms with Gasteiger partial charge < -0.3 is 15.7 Å². The lowest BCUT2D eigenvalue weighted by Gasteiger charge is -2.32. The smallest absolute Gasteiger partial charge is 0.315 e. The topological polar surface area (TPSA) is 61.4 Å². The molecule has 22 heavy (non-hydrogen) atoms. The maximum atomic E-state index is 12.3. The Hall–Kier alpha value is -1.81. The molecule has 0 radical (unpaired) electrons. The molecule has 4 nitrogen and oxygen atoms in total. The molecular weight excluding hydrogens is 276 g/mol. The van der Waals surface area contributed by atoms with Crippen LogP contribution in [0, 0.1) is 11.3 Å². The number of amides is 2. The van der Waals surface area contributed by atoms with Gasteiger partial charge >= 0.3 is 6.03 Å². The Kier molecular flexibility index (Phi) is 5.24. The molecule has 0 bridgehead atoms. The molecule has 1 aliphatic carbocycles. The number of benzene rings is 1. The average molecular weight is 302 g/mol. The lowest BCUT2D eigenvalue weighted by Crippen LogP contribution is -2.45. The van der Waals surface area contributed by atoms with E-state index in [0.717, 1.165) is 12.0 Å². The van der Waals surface area contributed by atoms with E-state index in [9.17, 15) is 4.79 Å². The minimum Gasteiger partial charge on any atom is -0.396 e. The van der Waals surface area contributed by atoms with Gasteiger partial charge in [-0.3, -0.25) is 0 Å². The molecule has 4 heteroatoms. The van der Waals surface area contributed by atoms with E-state index < -0.39 is 0 Å². The lowest BCUT2D eigenvalue weighted by molar-refractivity contribution is 0.213. The first-order valence-corrected chi connectivity index (χ1v) is 7.81. The van der Waals surface area contributed by atoms with Crippen LogP contribution in [0.3, 0.4) is 0 Å². The van der Waals surface area contributed by atoms with Crippen molar-refractivity contribution in [2.45, 2.75) is 39.3 Å². The van der Waals surface area contributed by atoms with E-state index in [1.54, 1.807) is 0 Å². The summed E-state index contributed by atoms with van der Waals surface area (Å²) in [6, 6.07) is 9.78. The van der Waals surface area contributed by atoms with Crippen molar-refractivity contribution >= 4 is 6.03 Å². The quantitative estimate of drug-likeness (QED) is 0.749. The molecule has 3 atom stereocenters. The molecule has 0 fully saturated rings. The van der Waals surface area contributed by atoms with E-state index in [0.29, 0.717) is 0 Å². The average Bonchev–Trinajstić information content (AvgIpc) is 2.92. The minimum absolute atomic E-state index is 0.00598. The Morgan fingerprint density at radius 1 is 1.27 bits per heavy atom. The third-order valence-corrected chi connectivity index (χ3v) is 4.00. The van der Waals surface area contributed by atoms with Crippen LogP contribution in [0.25, 0.3) is 0 Å². The normalized spacial score (nSPS) is 22.4. The second-order valence-corrected chi connectivity index (χ2v) is 7.00. The molecule has 0 saturated carbocycles. The van der Waals surface area contributed by atoms with E-state index in [2.05, 4.69) is 31.4 Å². The van der Waals surface area contributed by atoms with E-state index in [1.165, 1.54) is 0 Å². The summed E-state index contributed by atoms with van der Waals surface area (Å²) in [7, 11) is 0. The van der Waals surface area contributed by atoms with Crippen molar-refractivity contribution in [1.29, 1.82) is 0 Å². The zero-order valence-corrected chi connectivity index (χ0v) is 13.5. The fourth-order valence-corrected chi connectivity index (χ4v) is 2.80. The van der Waals surface area contributed by atoms with Crippen LogP contribution >= 0.6 is 0 Å². The maximum absolute atomic E-state index is 12.3. The Bertz CT molecular complexity index is 520. The summed E-state index contributed by atoms with van der Waals surface area (Å²) in [6.07, 6.45) is 4.67. The number of rotatable bonds is 4. The standard InChI is InChI=1S/C18H26N2O2/c1-18(2,3)16(14-7-5-4-6-8-14)20-17(22)19-15-10-9-13(11-15)12-21/h4-10,13,15-16,21H,11-12H2,1-3H3,(H2,19,20,22)/t13-,15+,16?/m0/s1. The predicted molar refractivity (Wildman–Crippen MR) is 88.4 cm³/mol. The fourth-order valence-electron chi connectivity index (χ4n) is 2.80. The molecule has 2 rings (SSSR count). The van der Waals surface area contributed by atoms with Crippen LogP contribution < -0.4 is 10.6 Å². The van der Waals surface area contributed by atoms with Crippen molar-refractivity contribution in [2.75, 3.05) is 6.61 Å². The van der Waals surface area contributed by atoms with Gasteiger partial charge in [-0.1, -0.05) is 63.3 Å². The first-order chi connectivity index (χ1) is 10.4. The number of carbonyl (C=O) groups excluding carboxylic acids is 1. The monoisotopic (exact) mass is 302 g/mol. The van der Waals surface area contributed by atoms with E-state index in [-0.39, 0.29) is 36.1 Å². The number of urea groups is 1. The van der Waals surface area contributed by atoms with Crippen LogP contribution in [0.5, 0.6) is 0 Å². The zero-order chi connectivity index (χ0) is 16.2. The molecule has 0 spiro atoms. The van der Waals surface area contributed by atoms with Gasteiger partial charge in [0.2, 0.25) is 0 Å². The first-order valence-electron chi connectivity index (χ1n) is 7.81. The highest BCUT2D eigenvalue weighted by molar-refractivity contribution is 5.75. The van der Waals surface area contributed by atoms with E-state index in [1.807, 2.05) is 42.5 Å². The largest absolute Gasteiger partial charge is 0.396 e. The Morgan fingerprint density at radius 2 is 1.95 bits per heavy atom. The SMILES string of the molecule is CC(C)(C)C(NC(=O)N[C@@H]1C=C[C@H](CO)C1)c1ccccc1. The highest BCUT2D eigenvalue weighted by atomic mass is 16.3. The lowest BCUT2D eigenvalue weighted by atomic mass is 9.82. The van der Waals surface area contributed by atoms with Crippen molar-refractivity contribution in [2.24, 2.45) is 11.3 Å². The molecule has 0 aromatic heterocycles. The number of hydrogen-bond acceptors (Lipinski definition) is 2. The molecule has 120 valence electrons. The van der Waals surface area contributed by atoms with Gasteiger partial charge in [-0.15, -0.1) is 0 Å². The predicted octanol–water partition coefficient (Wildman–Crippen LogP) is 3.01. The highest BCUT2D eigenvalue weighted by Gasteiger charge is 2.28. The summed E-state index contributed by atoms with van der Waals surface area (Å²) in [6.45, 7) is 6.47. The van der Waals surface area contributed by atoms with Crippen LogP contribution in [0.1, 0.15) is 38.8 Å². The summed E-state index contributed by atoms with van der Waals surface area (Å²) in [5.41, 5.74) is 1.01. The molecule has 1 aliphatic rings. The van der Waals surface area contributed by atoms with Crippen LogP contribution in [-0.2, 0) is 0 Å². The molecular formula is C18H26N2O2. The summed E-state index contributed by atoms with van der Waals surface area (Å²) in [5, 5.41) is 15.2. The summed E-state index contributed by atoms with van der Waals surface area (Å²) in [5.74, 6) is 0.151. The van der Waals surface area contributed by atoms with Crippen LogP contribution in [0.2, 0.25) is 0 Å². The van der Waals surface area contributed by atoms with Gasteiger partial charge in [0, 0.05) is 18.6 Å². The van der Waals surface area contributed by atoms with Gasteiger partial charge in [0.25, 0.3) is 0 Å². The minimum atomic E-state index is -0.169. The van der Waals surface area contributed by atoms with Crippen molar-refractivity contribution in [3.8, 4) is 0 Å². The van der Waals surface area contributed by atoms with Gasteiger partial charge in [-0.25, -0.2) is 4.79 Å². The van der Waals surface area contributed by atoms with E-state index in [4.69, 9.17) is 5.11 Å². The number of carbonyl (C=O) groups is 1. The number of aliphatic hydroxyl groups excluding tert-OH is 1. The molecule has 1 aromatic rings. The van der Waals surface area contributed by atoms with Crippen LogP contribution in [0.15, 0.2) is 42.5 Å². The van der Waals surface area contributed by atoms with Crippen molar-refractivity contribution in [3.63, 3.8) is 0 Å². The van der Waals surface area contributed by atoms with Crippen molar-refractivity contribution in [3.05, 3.63) is 48.0 Å². The summed E-state index contributed by atoms with van der Waals surface area (Å²) < 4.78 is 0. The molecule has 0 aliphatic heterocycles. The van der Waals surface area contributed by atoms with Gasteiger partial charge in [0.05, 0.1) is 6.04 Å². The van der Waals surface area contributed by atoms with Gasteiger partial charge in [-0.2, -0.15) is 0 Å². The first kappa shape index (κ1) is 16.6. The van der Waals surface area contributed by atoms with E-state index >= 15 is 0 Å². The van der Waals surface area contributed by atoms with Gasteiger partial charge in [0.1, 0.15) is 0 Å². The summed E-state index contributed by atoms with van der Waals surface area (Å²) >= 11 is 0. The van der Waals surface area contributed by atoms with Crippen molar-refractivity contribution < 1.29 is 9.90 Å². The third-order valence-electron chi connectivity index (χ3n) is 4.00. The van der Waals surface area contributed by atoms with Crippen molar-refractivity contribution in [1.82, 2.24) is 10.6 Å². The molecule has 1 unspecified atom stereocenters. The highest BCUT2D eigenvalue weighted by Crippen LogP contribution is 2.32. The van der Waals surface area contributed by atoms with Crippen LogP contribution in [0.4, 0.5) is 4.79 Å². The number of nitrogens with one attached hydrogen (secondary N) is 2. The molecule has 2 amide bonds. The number of hydrogen-bond donors (Lipinski definition) is 3. The second-order valence-electron chi connectivity index (χ2n) is 7.00. The molecule has 3 N–H and O–H groups in total. The van der Waals surface area contributed by atoms with Gasteiger partial charge in [-0.05, 0) is 17.4 Å². The molecule has 0 heterocycles. The van der Waals surface area contributed by atoms with Crippen LogP contribution in [-0.4, -0.2) is 23.8 Å². The van der Waals surface area contributed by atoms with Gasteiger partial charge in [0.15, 0.2) is 0 Å². The zero-order valence-electron chi connectivity index (χ0n) is 13.5. The maximum Gasteiger partial charge on any atom is 0.315 e. The Labute approximate surface area is 132 Å². The number of aliphatic hydroxyl groups is 1. The Balaban J connectivity index is 1.99. The third kappa shape index (κ3) is 4.34.